The molecule has 0 aliphatic rings. The van der Waals surface area contributed by atoms with Gasteiger partial charge in [0.05, 0.1) is 6.04 Å². The Bertz CT molecular complexity index is 346. The van der Waals surface area contributed by atoms with E-state index in [0.29, 0.717) is 0 Å². The van der Waals surface area contributed by atoms with Crippen LogP contribution in [0.3, 0.4) is 0 Å². The molecular weight excluding hydrogens is 164 g/mol. The van der Waals surface area contributed by atoms with E-state index in [2.05, 4.69) is 5.32 Å². The molecular formula is C10H12N2O. The molecule has 1 atom stereocenters. The molecule has 0 saturated carbocycles. The summed E-state index contributed by atoms with van der Waals surface area (Å²) < 4.78 is 1.92. The van der Waals surface area contributed by atoms with Crippen molar-refractivity contribution in [1.29, 1.82) is 0 Å². The average Bonchev–Trinajstić information content (AvgIpc) is 2.51. The molecule has 0 bridgehead atoms. The van der Waals surface area contributed by atoms with Crippen LogP contribution < -0.4 is 5.32 Å². The first kappa shape index (κ1) is 9.40. The summed E-state index contributed by atoms with van der Waals surface area (Å²) in [6.07, 6.45) is 8.81. The third-order valence-electron chi connectivity index (χ3n) is 1.83. The van der Waals surface area contributed by atoms with Gasteiger partial charge in [-0.15, -0.1) is 6.42 Å². The van der Waals surface area contributed by atoms with Gasteiger partial charge in [-0.05, 0) is 24.5 Å². The molecule has 1 aromatic heterocycles. The second-order valence-corrected chi connectivity index (χ2v) is 2.95. The molecule has 0 radical (unpaired) electrons. The summed E-state index contributed by atoms with van der Waals surface area (Å²) in [7, 11) is 1.93. The zero-order valence-corrected chi connectivity index (χ0v) is 7.74. The highest BCUT2D eigenvalue weighted by Gasteiger charge is 2.07. The zero-order valence-electron chi connectivity index (χ0n) is 7.74. The minimum Gasteiger partial charge on any atom is -0.357 e. The summed E-state index contributed by atoms with van der Waals surface area (Å²) in [5.41, 5.74) is 1.05. The monoisotopic (exact) mass is 176 g/mol. The van der Waals surface area contributed by atoms with Crippen LogP contribution in [0.1, 0.15) is 18.5 Å². The summed E-state index contributed by atoms with van der Waals surface area (Å²) in [4.78, 5) is 10.8. The fraction of sp³-hybridized carbons (Fsp3) is 0.300. The number of nitrogens with zero attached hydrogens (tertiary/aromatic N) is 1. The number of aryl methyl sites for hydroxylation is 1. The Balaban J connectivity index is 2.64. The van der Waals surface area contributed by atoms with Gasteiger partial charge in [0.25, 0.3) is 5.91 Å². The van der Waals surface area contributed by atoms with E-state index in [4.69, 9.17) is 6.42 Å². The predicted octanol–water partition coefficient (Wildman–Crippen LogP) is 0.835. The summed E-state index contributed by atoms with van der Waals surface area (Å²) in [5, 5.41) is 2.67. The molecule has 68 valence electrons. The molecule has 0 saturated heterocycles. The molecule has 1 N–H and O–H groups in total. The highest BCUT2D eigenvalue weighted by Crippen LogP contribution is 2.11. The van der Waals surface area contributed by atoms with Gasteiger partial charge in [-0.3, -0.25) is 4.79 Å². The lowest BCUT2D eigenvalue weighted by Crippen LogP contribution is -2.24. The second kappa shape index (κ2) is 3.81. The van der Waals surface area contributed by atoms with E-state index in [1.807, 2.05) is 42.9 Å². The van der Waals surface area contributed by atoms with Crippen LogP contribution in [-0.2, 0) is 11.8 Å². The van der Waals surface area contributed by atoms with Crippen molar-refractivity contribution in [3.8, 4) is 12.3 Å². The van der Waals surface area contributed by atoms with Crippen molar-refractivity contribution in [1.82, 2.24) is 9.88 Å². The van der Waals surface area contributed by atoms with Crippen molar-refractivity contribution >= 4 is 5.91 Å². The Morgan fingerprint density at radius 2 is 2.46 bits per heavy atom. The van der Waals surface area contributed by atoms with E-state index < -0.39 is 0 Å². The summed E-state index contributed by atoms with van der Waals surface area (Å²) in [6, 6.07) is 1.91. The number of nitrogens with one attached hydrogen (secondary N) is 1. The van der Waals surface area contributed by atoms with Crippen LogP contribution in [0.2, 0.25) is 0 Å². The Morgan fingerprint density at radius 3 is 2.92 bits per heavy atom. The highest BCUT2D eigenvalue weighted by atomic mass is 16.1. The summed E-state index contributed by atoms with van der Waals surface area (Å²) in [5.74, 6) is 1.64. The van der Waals surface area contributed by atoms with Crippen molar-refractivity contribution < 1.29 is 4.79 Å². The first-order valence-corrected chi connectivity index (χ1v) is 4.02. The van der Waals surface area contributed by atoms with Crippen LogP contribution in [0.4, 0.5) is 0 Å². The van der Waals surface area contributed by atoms with E-state index in [-0.39, 0.29) is 11.9 Å². The lowest BCUT2D eigenvalue weighted by atomic mass is 10.2. The van der Waals surface area contributed by atoms with Gasteiger partial charge in [0.2, 0.25) is 0 Å². The van der Waals surface area contributed by atoms with Crippen LogP contribution in [0, 0.1) is 12.3 Å². The van der Waals surface area contributed by atoms with Crippen molar-refractivity contribution in [2.75, 3.05) is 0 Å². The van der Waals surface area contributed by atoms with E-state index >= 15 is 0 Å². The minimum absolute atomic E-state index is 0.0373. The van der Waals surface area contributed by atoms with E-state index in [1.165, 1.54) is 0 Å². The van der Waals surface area contributed by atoms with E-state index in [9.17, 15) is 4.79 Å². The van der Waals surface area contributed by atoms with Crippen LogP contribution in [-0.4, -0.2) is 10.5 Å². The van der Waals surface area contributed by atoms with Crippen LogP contribution >= 0.6 is 0 Å². The van der Waals surface area contributed by atoms with Gasteiger partial charge < -0.3 is 9.88 Å². The van der Waals surface area contributed by atoms with Crippen molar-refractivity contribution in [2.45, 2.75) is 13.0 Å². The molecule has 0 spiro atoms. The van der Waals surface area contributed by atoms with Crippen LogP contribution in [0.25, 0.3) is 0 Å². The molecule has 13 heavy (non-hydrogen) atoms. The molecule has 1 aromatic rings. The fourth-order valence-corrected chi connectivity index (χ4v) is 1.10. The van der Waals surface area contributed by atoms with Crippen molar-refractivity contribution in [3.63, 3.8) is 0 Å². The van der Waals surface area contributed by atoms with Crippen LogP contribution in [0.5, 0.6) is 0 Å². The Morgan fingerprint density at radius 1 is 1.77 bits per heavy atom. The predicted molar refractivity (Wildman–Crippen MR) is 50.8 cm³/mol. The lowest BCUT2D eigenvalue weighted by molar-refractivity contribution is -0.116. The molecule has 0 aliphatic carbocycles. The Hall–Kier alpha value is -1.69. The Kier molecular flexibility index (Phi) is 2.76. The maximum Gasteiger partial charge on any atom is 0.296 e. The molecule has 1 unspecified atom stereocenters. The molecule has 0 aliphatic heterocycles. The quantitative estimate of drug-likeness (QED) is 0.665. The summed E-state index contributed by atoms with van der Waals surface area (Å²) in [6.45, 7) is 1.89. The van der Waals surface area contributed by atoms with Gasteiger partial charge in [0, 0.05) is 19.4 Å². The van der Waals surface area contributed by atoms with Gasteiger partial charge in [-0.2, -0.15) is 0 Å². The van der Waals surface area contributed by atoms with Gasteiger partial charge in [-0.1, -0.05) is 0 Å². The maximum absolute atomic E-state index is 10.8. The third kappa shape index (κ3) is 2.38. The number of rotatable bonds is 2. The normalized spacial score (nSPS) is 11.8. The van der Waals surface area contributed by atoms with Gasteiger partial charge >= 0.3 is 0 Å². The number of terminal acetylenes is 1. The topological polar surface area (TPSA) is 34.0 Å². The van der Waals surface area contributed by atoms with Gasteiger partial charge in [-0.25, -0.2) is 0 Å². The highest BCUT2D eigenvalue weighted by molar-refractivity contribution is 5.93. The first-order valence-electron chi connectivity index (χ1n) is 4.02. The number of carbonyl (C=O) groups excluding carboxylic acids is 1. The second-order valence-electron chi connectivity index (χ2n) is 2.95. The SMILES string of the molecule is C#CC(=O)NC(C)c1ccn(C)c1. The van der Waals surface area contributed by atoms with Crippen LogP contribution in [0.15, 0.2) is 18.5 Å². The molecule has 1 amide bonds. The number of hydrogen-bond donors (Lipinski definition) is 1. The van der Waals surface area contributed by atoms with E-state index in [1.54, 1.807) is 0 Å². The molecule has 3 heteroatoms. The third-order valence-corrected chi connectivity index (χ3v) is 1.83. The molecule has 0 fully saturated rings. The van der Waals surface area contributed by atoms with Crippen molar-refractivity contribution in [2.24, 2.45) is 7.05 Å². The number of hydrogen-bond acceptors (Lipinski definition) is 1. The molecule has 1 heterocycles. The lowest BCUT2D eigenvalue weighted by Gasteiger charge is -2.09. The fourth-order valence-electron chi connectivity index (χ4n) is 1.10. The molecule has 3 nitrogen and oxygen atoms in total. The van der Waals surface area contributed by atoms with E-state index in [0.717, 1.165) is 5.56 Å². The molecule has 0 aromatic carbocycles. The zero-order chi connectivity index (χ0) is 9.84. The maximum atomic E-state index is 10.8. The first-order chi connectivity index (χ1) is 6.13. The van der Waals surface area contributed by atoms with Gasteiger partial charge in [0.15, 0.2) is 0 Å². The largest absolute Gasteiger partial charge is 0.357 e. The number of carbonyl (C=O) groups is 1. The number of aromatic nitrogens is 1. The Labute approximate surface area is 77.8 Å². The smallest absolute Gasteiger partial charge is 0.296 e. The summed E-state index contributed by atoms with van der Waals surface area (Å²) >= 11 is 0. The minimum atomic E-state index is -0.378. The van der Waals surface area contributed by atoms with Gasteiger partial charge in [0.1, 0.15) is 0 Å². The average molecular weight is 176 g/mol. The van der Waals surface area contributed by atoms with Crippen molar-refractivity contribution in [3.05, 3.63) is 24.0 Å². The standard InChI is InChI=1S/C10H12N2O/c1-4-10(13)11-8(2)9-5-6-12(3)7-9/h1,5-8H,2-3H3,(H,11,13). The number of amides is 1. The molecule has 1 rings (SSSR count).